The van der Waals surface area contributed by atoms with Gasteiger partial charge in [-0.3, -0.25) is 14.5 Å². The number of nitrogens with zero attached hydrogens (tertiary/aromatic N) is 2. The van der Waals surface area contributed by atoms with Gasteiger partial charge in [-0.15, -0.1) is 0 Å². The highest BCUT2D eigenvalue weighted by atomic mass is 16.5. The van der Waals surface area contributed by atoms with Crippen molar-refractivity contribution in [3.63, 3.8) is 0 Å². The Bertz CT molecular complexity index is 875. The lowest BCUT2D eigenvalue weighted by atomic mass is 9.98. The Kier molecular flexibility index (Phi) is 7.69. The van der Waals surface area contributed by atoms with Gasteiger partial charge in [0, 0.05) is 39.1 Å². The third kappa shape index (κ3) is 5.51. The topological polar surface area (TPSA) is 59.1 Å². The number of rotatable bonds is 8. The highest BCUT2D eigenvalue weighted by molar-refractivity contribution is 5.86. The van der Waals surface area contributed by atoms with E-state index in [9.17, 15) is 9.59 Å². The van der Waals surface area contributed by atoms with Crippen molar-refractivity contribution in [2.45, 2.75) is 32.6 Å². The van der Waals surface area contributed by atoms with Crippen molar-refractivity contribution in [1.82, 2.24) is 9.80 Å². The van der Waals surface area contributed by atoms with Gasteiger partial charge in [-0.2, -0.15) is 0 Å². The van der Waals surface area contributed by atoms with Gasteiger partial charge in [-0.05, 0) is 41.8 Å². The Morgan fingerprint density at radius 2 is 1.73 bits per heavy atom. The molecule has 1 atom stereocenters. The van der Waals surface area contributed by atoms with Gasteiger partial charge in [0.2, 0.25) is 5.91 Å². The highest BCUT2D eigenvalue weighted by Gasteiger charge is 2.21. The zero-order valence-corrected chi connectivity index (χ0v) is 18.2. The molecule has 0 saturated carbocycles. The largest absolute Gasteiger partial charge is 0.497 e. The maximum atomic E-state index is 12.5. The standard InChI is InChI=1S/C24H32N2O4/c1-4-5-23(27)26-12-10-25(11-13-26)14-15-30-24(28)18(2)19-6-7-21-17-22(29-3)9-8-20(21)16-19/h6-9,16-18H,4-5,10-15H2,1-3H3. The van der Waals surface area contributed by atoms with Gasteiger partial charge >= 0.3 is 5.97 Å². The van der Waals surface area contributed by atoms with Crippen LogP contribution in [0.25, 0.3) is 10.8 Å². The summed E-state index contributed by atoms with van der Waals surface area (Å²) in [5, 5.41) is 2.15. The van der Waals surface area contributed by atoms with Crippen LogP contribution in [0.15, 0.2) is 36.4 Å². The molecule has 30 heavy (non-hydrogen) atoms. The van der Waals surface area contributed by atoms with Crippen molar-refractivity contribution in [3.05, 3.63) is 42.0 Å². The number of esters is 1. The van der Waals surface area contributed by atoms with Crippen molar-refractivity contribution in [1.29, 1.82) is 0 Å². The van der Waals surface area contributed by atoms with E-state index < -0.39 is 0 Å². The van der Waals surface area contributed by atoms with Crippen molar-refractivity contribution in [3.8, 4) is 5.75 Å². The van der Waals surface area contributed by atoms with Crippen LogP contribution in [0.1, 0.15) is 38.2 Å². The molecule has 1 unspecified atom stereocenters. The van der Waals surface area contributed by atoms with Gasteiger partial charge in [0.1, 0.15) is 12.4 Å². The average Bonchev–Trinajstić information content (AvgIpc) is 2.78. The first-order valence-electron chi connectivity index (χ1n) is 10.8. The van der Waals surface area contributed by atoms with E-state index in [0.717, 1.165) is 54.7 Å². The quantitative estimate of drug-likeness (QED) is 0.622. The van der Waals surface area contributed by atoms with Gasteiger partial charge < -0.3 is 14.4 Å². The lowest BCUT2D eigenvalue weighted by Crippen LogP contribution is -2.49. The summed E-state index contributed by atoms with van der Waals surface area (Å²) in [4.78, 5) is 28.7. The van der Waals surface area contributed by atoms with E-state index in [1.54, 1.807) is 7.11 Å². The first-order chi connectivity index (χ1) is 14.5. The van der Waals surface area contributed by atoms with Crippen molar-refractivity contribution >= 4 is 22.6 Å². The fourth-order valence-electron chi connectivity index (χ4n) is 3.77. The van der Waals surface area contributed by atoms with E-state index in [2.05, 4.69) is 4.90 Å². The minimum atomic E-state index is -0.319. The number of benzene rings is 2. The summed E-state index contributed by atoms with van der Waals surface area (Å²) in [5.41, 5.74) is 0.945. The maximum absolute atomic E-state index is 12.5. The van der Waals surface area contributed by atoms with Gasteiger partial charge in [0.25, 0.3) is 0 Å². The van der Waals surface area contributed by atoms with Crippen LogP contribution in [-0.4, -0.2) is 68.1 Å². The molecule has 0 radical (unpaired) electrons. The molecular weight excluding hydrogens is 380 g/mol. The number of ether oxygens (including phenoxy) is 2. The van der Waals surface area contributed by atoms with Crippen LogP contribution in [0.4, 0.5) is 0 Å². The first-order valence-corrected chi connectivity index (χ1v) is 10.8. The van der Waals surface area contributed by atoms with E-state index >= 15 is 0 Å². The third-order valence-electron chi connectivity index (χ3n) is 5.77. The van der Waals surface area contributed by atoms with Gasteiger partial charge in [0.05, 0.1) is 13.0 Å². The molecule has 1 aliphatic rings. The fraction of sp³-hybridized carbons (Fsp3) is 0.500. The van der Waals surface area contributed by atoms with Crippen LogP contribution in [-0.2, 0) is 14.3 Å². The number of carbonyl (C=O) groups excluding carboxylic acids is 2. The van der Waals surface area contributed by atoms with Crippen molar-refractivity contribution in [2.24, 2.45) is 0 Å². The average molecular weight is 413 g/mol. The summed E-state index contributed by atoms with van der Waals surface area (Å²) in [6.07, 6.45) is 1.51. The molecule has 2 aromatic rings. The molecule has 0 bridgehead atoms. The molecular formula is C24H32N2O4. The third-order valence-corrected chi connectivity index (χ3v) is 5.77. The van der Waals surface area contributed by atoms with Crippen LogP contribution in [0.2, 0.25) is 0 Å². The molecule has 6 heteroatoms. The molecule has 0 N–H and O–H groups in total. The van der Waals surface area contributed by atoms with Crippen LogP contribution >= 0.6 is 0 Å². The first kappa shape index (κ1) is 22.1. The van der Waals surface area contributed by atoms with Gasteiger partial charge in [0.15, 0.2) is 0 Å². The Morgan fingerprint density at radius 1 is 1.03 bits per heavy atom. The molecule has 0 aromatic heterocycles. The highest BCUT2D eigenvalue weighted by Crippen LogP contribution is 2.25. The molecule has 1 fully saturated rings. The minimum Gasteiger partial charge on any atom is -0.497 e. The zero-order chi connectivity index (χ0) is 21.5. The number of piperazine rings is 1. The van der Waals surface area contributed by atoms with Crippen LogP contribution < -0.4 is 4.74 Å². The molecule has 1 heterocycles. The molecule has 1 aliphatic heterocycles. The minimum absolute atomic E-state index is 0.209. The predicted molar refractivity (Wildman–Crippen MR) is 118 cm³/mol. The maximum Gasteiger partial charge on any atom is 0.313 e. The summed E-state index contributed by atoms with van der Waals surface area (Å²) in [6, 6.07) is 11.9. The van der Waals surface area contributed by atoms with E-state index in [1.807, 2.05) is 55.1 Å². The summed E-state index contributed by atoms with van der Waals surface area (Å²) in [5.74, 6) is 0.532. The van der Waals surface area contributed by atoms with Crippen LogP contribution in [0.5, 0.6) is 5.75 Å². The second kappa shape index (κ2) is 10.4. The van der Waals surface area contributed by atoms with Gasteiger partial charge in [-0.25, -0.2) is 0 Å². The molecule has 3 rings (SSSR count). The monoisotopic (exact) mass is 412 g/mol. The predicted octanol–water partition coefficient (Wildman–Crippen LogP) is 3.44. The fourth-order valence-corrected chi connectivity index (χ4v) is 3.77. The van der Waals surface area contributed by atoms with E-state index in [1.165, 1.54) is 0 Å². The van der Waals surface area contributed by atoms with Gasteiger partial charge in [-0.1, -0.05) is 31.2 Å². The lowest BCUT2D eigenvalue weighted by Gasteiger charge is -2.34. The second-order valence-electron chi connectivity index (χ2n) is 7.83. The van der Waals surface area contributed by atoms with Crippen LogP contribution in [0, 0.1) is 0 Å². The molecule has 1 amide bonds. The second-order valence-corrected chi connectivity index (χ2v) is 7.83. The number of hydrogen-bond donors (Lipinski definition) is 0. The normalized spacial score (nSPS) is 15.8. The Morgan fingerprint density at radius 3 is 2.43 bits per heavy atom. The smallest absolute Gasteiger partial charge is 0.313 e. The number of methoxy groups -OCH3 is 1. The number of hydrogen-bond acceptors (Lipinski definition) is 5. The molecule has 162 valence electrons. The molecule has 6 nitrogen and oxygen atoms in total. The van der Waals surface area contributed by atoms with E-state index in [4.69, 9.17) is 9.47 Å². The van der Waals surface area contributed by atoms with Crippen molar-refractivity contribution < 1.29 is 19.1 Å². The molecule has 0 spiro atoms. The Balaban J connectivity index is 1.46. The summed E-state index contributed by atoms with van der Waals surface area (Å²) >= 11 is 0. The lowest BCUT2D eigenvalue weighted by molar-refractivity contribution is -0.145. The van der Waals surface area contributed by atoms with Crippen LogP contribution in [0.3, 0.4) is 0 Å². The van der Waals surface area contributed by atoms with E-state index in [0.29, 0.717) is 19.6 Å². The summed E-state index contributed by atoms with van der Waals surface area (Å²) < 4.78 is 10.8. The Hall–Kier alpha value is -2.60. The number of fused-ring (bicyclic) bond motifs is 1. The molecule has 1 saturated heterocycles. The zero-order valence-electron chi connectivity index (χ0n) is 18.2. The molecule has 0 aliphatic carbocycles. The SMILES string of the molecule is CCCC(=O)N1CCN(CCOC(=O)C(C)c2ccc3cc(OC)ccc3c2)CC1. The number of amides is 1. The Labute approximate surface area is 178 Å². The number of carbonyl (C=O) groups is 2. The summed E-state index contributed by atoms with van der Waals surface area (Å²) in [6.45, 7) is 8.15. The van der Waals surface area contributed by atoms with Crippen molar-refractivity contribution in [2.75, 3.05) is 46.4 Å². The molecule has 2 aromatic carbocycles. The van der Waals surface area contributed by atoms with E-state index in [-0.39, 0.29) is 17.8 Å². The summed E-state index contributed by atoms with van der Waals surface area (Å²) in [7, 11) is 1.65.